The van der Waals surface area contributed by atoms with Gasteiger partial charge in [-0.3, -0.25) is 4.90 Å². The van der Waals surface area contributed by atoms with Crippen LogP contribution in [0.4, 0.5) is 28.8 Å². The summed E-state index contributed by atoms with van der Waals surface area (Å²) in [4.78, 5) is 13.9. The summed E-state index contributed by atoms with van der Waals surface area (Å²) in [6.07, 6.45) is 1.55. The van der Waals surface area contributed by atoms with Crippen molar-refractivity contribution in [3.05, 3.63) is 53.2 Å². The summed E-state index contributed by atoms with van der Waals surface area (Å²) in [6.45, 7) is 12.6. The first-order chi connectivity index (χ1) is 17.2. The van der Waals surface area contributed by atoms with Crippen molar-refractivity contribution >= 4 is 52.9 Å². The largest absolute Gasteiger partial charge is 0.489 e. The molecule has 3 heterocycles. The molecular formula is C26H32ClN6O2P. The predicted molar refractivity (Wildman–Crippen MR) is 149 cm³/mol. The van der Waals surface area contributed by atoms with E-state index >= 15 is 0 Å². The molecule has 1 atom stereocenters. The highest BCUT2D eigenvalue weighted by Gasteiger charge is 2.33. The van der Waals surface area contributed by atoms with Crippen molar-refractivity contribution < 1.29 is 9.30 Å². The van der Waals surface area contributed by atoms with Gasteiger partial charge in [0.05, 0.1) is 23.6 Å². The second kappa shape index (κ2) is 9.92. The Labute approximate surface area is 217 Å². The molecule has 1 saturated heterocycles. The van der Waals surface area contributed by atoms with Gasteiger partial charge in [-0.1, -0.05) is 30.7 Å². The first-order valence-corrected chi connectivity index (χ1v) is 15.2. The number of rotatable bonds is 6. The number of hydrogen-bond acceptors (Lipinski definition) is 8. The Morgan fingerprint density at radius 3 is 2.78 bits per heavy atom. The highest BCUT2D eigenvalue weighted by Crippen LogP contribution is 2.41. The van der Waals surface area contributed by atoms with Crippen molar-refractivity contribution in [1.29, 1.82) is 0 Å². The molecule has 0 radical (unpaired) electrons. The molecule has 2 aliphatic rings. The zero-order chi connectivity index (χ0) is 25.4. The molecule has 0 saturated carbocycles. The third-order valence-corrected chi connectivity index (χ3v) is 8.56. The van der Waals surface area contributed by atoms with E-state index in [0.717, 1.165) is 48.5 Å². The number of fused-ring (bicyclic) bond motifs is 3. The van der Waals surface area contributed by atoms with Crippen LogP contribution in [0.15, 0.2) is 42.6 Å². The van der Waals surface area contributed by atoms with E-state index in [0.29, 0.717) is 35.1 Å². The maximum atomic E-state index is 12.8. The number of benzene rings is 2. The Hall–Kier alpha value is -2.80. The minimum Gasteiger partial charge on any atom is -0.489 e. The van der Waals surface area contributed by atoms with E-state index in [4.69, 9.17) is 16.3 Å². The van der Waals surface area contributed by atoms with Crippen molar-refractivity contribution in [3.63, 3.8) is 0 Å². The lowest BCUT2D eigenvalue weighted by Crippen LogP contribution is -2.57. The summed E-state index contributed by atoms with van der Waals surface area (Å²) >= 11 is 6.41. The number of ether oxygens (including phenoxy) is 1. The molecule has 2 aromatic carbocycles. The highest BCUT2D eigenvalue weighted by molar-refractivity contribution is 7.70. The Morgan fingerprint density at radius 1 is 1.19 bits per heavy atom. The third-order valence-electron chi connectivity index (χ3n) is 6.74. The monoisotopic (exact) mass is 526 g/mol. The van der Waals surface area contributed by atoms with Gasteiger partial charge in [-0.2, -0.15) is 4.98 Å². The standard InChI is InChI=1S/C26H32ClN6O2P/c1-5-32-10-11-33-19(15-32)16-35-22-13-18(12-17(2)24(22)33)29-26-28-14-20(27)25(31-26)30-21-8-6-7-9-23(21)36(3,4)34/h6-9,12-14,19H,5,10-11,15-16H2,1-4H3,(H2,28,29,30,31)/t19-/m1/s1. The molecule has 0 amide bonds. The molecule has 8 nitrogen and oxygen atoms in total. The topological polar surface area (TPSA) is 82.6 Å². The smallest absolute Gasteiger partial charge is 0.229 e. The maximum Gasteiger partial charge on any atom is 0.229 e. The first-order valence-electron chi connectivity index (χ1n) is 12.2. The molecule has 0 bridgehead atoms. The van der Waals surface area contributed by atoms with Crippen molar-refractivity contribution in [2.45, 2.75) is 19.9 Å². The van der Waals surface area contributed by atoms with Crippen molar-refractivity contribution in [2.24, 2.45) is 0 Å². The van der Waals surface area contributed by atoms with Crippen molar-refractivity contribution in [2.75, 3.05) is 61.6 Å². The van der Waals surface area contributed by atoms with Gasteiger partial charge in [0.1, 0.15) is 24.5 Å². The van der Waals surface area contributed by atoms with Crippen LogP contribution in [0, 0.1) is 6.92 Å². The molecule has 0 spiro atoms. The van der Waals surface area contributed by atoms with Crippen LogP contribution in [-0.2, 0) is 4.57 Å². The number of aryl methyl sites for hydroxylation is 1. The molecule has 1 aromatic heterocycles. The van der Waals surface area contributed by atoms with Gasteiger partial charge in [0.15, 0.2) is 5.82 Å². The zero-order valence-corrected chi connectivity index (χ0v) is 22.7. The van der Waals surface area contributed by atoms with Gasteiger partial charge in [0, 0.05) is 36.7 Å². The van der Waals surface area contributed by atoms with Crippen LogP contribution in [0.25, 0.3) is 0 Å². The quantitative estimate of drug-likeness (QED) is 0.430. The van der Waals surface area contributed by atoms with E-state index in [1.165, 1.54) is 5.69 Å². The first kappa shape index (κ1) is 24.9. The molecule has 0 aliphatic carbocycles. The predicted octanol–water partition coefficient (Wildman–Crippen LogP) is 5.08. The van der Waals surface area contributed by atoms with Gasteiger partial charge in [-0.05, 0) is 50.6 Å². The van der Waals surface area contributed by atoms with Crippen LogP contribution >= 0.6 is 18.7 Å². The number of nitrogens with zero attached hydrogens (tertiary/aromatic N) is 4. The maximum absolute atomic E-state index is 12.8. The van der Waals surface area contributed by atoms with E-state index < -0.39 is 7.14 Å². The van der Waals surface area contributed by atoms with Crippen LogP contribution in [0.1, 0.15) is 12.5 Å². The summed E-state index contributed by atoms with van der Waals surface area (Å²) in [5.41, 5.74) is 3.88. The van der Waals surface area contributed by atoms with E-state index in [1.54, 1.807) is 19.5 Å². The number of halogens is 1. The van der Waals surface area contributed by atoms with Gasteiger partial charge < -0.3 is 24.8 Å². The Balaban J connectivity index is 1.39. The number of nitrogens with one attached hydrogen (secondary N) is 2. The molecule has 1 fully saturated rings. The lowest BCUT2D eigenvalue weighted by molar-refractivity contribution is 0.172. The number of aromatic nitrogens is 2. The molecule has 0 unspecified atom stereocenters. The Bertz CT molecular complexity index is 1330. The minimum atomic E-state index is -2.49. The summed E-state index contributed by atoms with van der Waals surface area (Å²) in [7, 11) is -2.49. The number of piperazine rings is 1. The molecule has 2 N–H and O–H groups in total. The fraction of sp³-hybridized carbons (Fsp3) is 0.385. The average molecular weight is 527 g/mol. The van der Waals surface area contributed by atoms with Crippen molar-refractivity contribution in [3.8, 4) is 5.75 Å². The van der Waals surface area contributed by atoms with Crippen LogP contribution in [-0.4, -0.2) is 67.0 Å². The fourth-order valence-electron chi connectivity index (χ4n) is 4.95. The lowest BCUT2D eigenvalue weighted by atomic mass is 10.0. The van der Waals surface area contributed by atoms with E-state index in [1.807, 2.05) is 30.3 Å². The SMILES string of the molecule is CCN1CCN2c3c(C)cc(Nc4ncc(Cl)c(Nc5ccccc5P(C)(C)=O)n4)cc3OC[C@H]2C1. The number of hydrogen-bond donors (Lipinski definition) is 2. The summed E-state index contributed by atoms with van der Waals surface area (Å²) in [6, 6.07) is 12.0. The van der Waals surface area contributed by atoms with Gasteiger partial charge >= 0.3 is 0 Å². The molecule has 190 valence electrons. The minimum absolute atomic E-state index is 0.375. The van der Waals surface area contributed by atoms with Crippen molar-refractivity contribution in [1.82, 2.24) is 14.9 Å². The van der Waals surface area contributed by atoms with E-state index in [2.05, 4.69) is 50.3 Å². The zero-order valence-electron chi connectivity index (χ0n) is 21.1. The highest BCUT2D eigenvalue weighted by atomic mass is 35.5. The third kappa shape index (κ3) is 5.03. The second-order valence-corrected chi connectivity index (χ2v) is 13.3. The Kier molecular flexibility index (Phi) is 6.86. The van der Waals surface area contributed by atoms with Crippen LogP contribution < -0.4 is 25.6 Å². The van der Waals surface area contributed by atoms with Gasteiger partial charge in [-0.15, -0.1) is 0 Å². The second-order valence-electron chi connectivity index (χ2n) is 9.70. The lowest BCUT2D eigenvalue weighted by Gasteiger charge is -2.46. The van der Waals surface area contributed by atoms with Gasteiger partial charge in [0.2, 0.25) is 5.95 Å². The molecule has 3 aromatic rings. The number of likely N-dealkylation sites (N-methyl/N-ethyl adjacent to an activating group) is 1. The molecule has 36 heavy (non-hydrogen) atoms. The summed E-state index contributed by atoms with van der Waals surface area (Å²) in [5, 5.41) is 7.66. The Morgan fingerprint density at radius 2 is 2.00 bits per heavy atom. The molecule has 5 rings (SSSR count). The van der Waals surface area contributed by atoms with E-state index in [-0.39, 0.29) is 0 Å². The van der Waals surface area contributed by atoms with Crippen LogP contribution in [0.5, 0.6) is 5.75 Å². The van der Waals surface area contributed by atoms with Crippen LogP contribution in [0.3, 0.4) is 0 Å². The average Bonchev–Trinajstić information content (AvgIpc) is 2.85. The molecule has 10 heteroatoms. The van der Waals surface area contributed by atoms with Gasteiger partial charge in [0.25, 0.3) is 0 Å². The van der Waals surface area contributed by atoms with Crippen LogP contribution in [0.2, 0.25) is 5.02 Å². The fourth-order valence-corrected chi connectivity index (χ4v) is 6.24. The number of anilines is 5. The van der Waals surface area contributed by atoms with E-state index in [9.17, 15) is 4.57 Å². The summed E-state index contributed by atoms with van der Waals surface area (Å²) < 4.78 is 19.0. The van der Waals surface area contributed by atoms with Gasteiger partial charge in [-0.25, -0.2) is 4.98 Å². The molecule has 2 aliphatic heterocycles. The summed E-state index contributed by atoms with van der Waals surface area (Å²) in [5.74, 6) is 1.72. The molecular weight excluding hydrogens is 495 g/mol. The number of para-hydroxylation sites is 1. The normalized spacial score (nSPS) is 17.7.